The maximum absolute atomic E-state index is 13.0. The molecule has 0 atom stereocenters. The number of hydrogen-bond acceptors (Lipinski definition) is 4. The predicted octanol–water partition coefficient (Wildman–Crippen LogP) is 1.55. The minimum atomic E-state index is -3.14. The second-order valence-electron chi connectivity index (χ2n) is 6.27. The lowest BCUT2D eigenvalue weighted by molar-refractivity contribution is 0.380. The van der Waals surface area contributed by atoms with Gasteiger partial charge in [0.15, 0.2) is 5.96 Å². The van der Waals surface area contributed by atoms with Crippen molar-refractivity contribution in [3.63, 3.8) is 0 Å². The van der Waals surface area contributed by atoms with E-state index in [4.69, 9.17) is 5.73 Å². The van der Waals surface area contributed by atoms with E-state index in [-0.39, 0.29) is 35.5 Å². The summed E-state index contributed by atoms with van der Waals surface area (Å²) in [5.74, 6) is 0.360. The highest BCUT2D eigenvalue weighted by Crippen LogP contribution is 2.16. The molecular formula is C17H29FIN5O2S. The minimum absolute atomic E-state index is 0. The number of sulfonamides is 1. The van der Waals surface area contributed by atoms with Crippen molar-refractivity contribution in [2.75, 3.05) is 57.0 Å². The standard InChI is InChI=1S/C17H28FN5O2S.HI/c1-3-26(24,25)21(2)10-4-9-20-17(19)23-13-11-22(12-14-23)16-7-5-15(18)6-8-16;/h5-8H,3-4,9-14H2,1-2H3,(H2,19,20);1H. The molecule has 0 radical (unpaired) electrons. The molecule has 0 amide bonds. The van der Waals surface area contributed by atoms with Crippen LogP contribution < -0.4 is 10.6 Å². The molecule has 0 unspecified atom stereocenters. The molecule has 1 aromatic carbocycles. The van der Waals surface area contributed by atoms with Crippen LogP contribution in [0.5, 0.6) is 0 Å². The van der Waals surface area contributed by atoms with Crippen molar-refractivity contribution < 1.29 is 12.8 Å². The van der Waals surface area contributed by atoms with Crippen LogP contribution in [0.3, 0.4) is 0 Å². The van der Waals surface area contributed by atoms with Crippen molar-refractivity contribution in [2.24, 2.45) is 10.7 Å². The average molecular weight is 513 g/mol. The first kappa shape index (κ1) is 23.9. The molecule has 0 spiro atoms. The first-order chi connectivity index (χ1) is 12.3. The summed E-state index contributed by atoms with van der Waals surface area (Å²) in [7, 11) is -1.56. The zero-order chi connectivity index (χ0) is 19.2. The van der Waals surface area contributed by atoms with Gasteiger partial charge in [0.25, 0.3) is 0 Å². The highest BCUT2D eigenvalue weighted by molar-refractivity contribution is 14.0. The van der Waals surface area contributed by atoms with E-state index in [1.54, 1.807) is 26.1 Å². The van der Waals surface area contributed by atoms with Crippen LogP contribution in [-0.4, -0.2) is 75.7 Å². The number of halogens is 2. The van der Waals surface area contributed by atoms with Crippen molar-refractivity contribution in [3.8, 4) is 0 Å². The van der Waals surface area contributed by atoms with Crippen molar-refractivity contribution >= 4 is 45.6 Å². The van der Waals surface area contributed by atoms with E-state index >= 15 is 0 Å². The highest BCUT2D eigenvalue weighted by Gasteiger charge is 2.18. The Balaban J connectivity index is 0.00000364. The van der Waals surface area contributed by atoms with Gasteiger partial charge in [0.05, 0.1) is 5.75 Å². The van der Waals surface area contributed by atoms with Gasteiger partial charge in [0, 0.05) is 52.0 Å². The summed E-state index contributed by atoms with van der Waals surface area (Å²) >= 11 is 0. The first-order valence-electron chi connectivity index (χ1n) is 8.83. The highest BCUT2D eigenvalue weighted by atomic mass is 127. The topological polar surface area (TPSA) is 82.2 Å². The van der Waals surface area contributed by atoms with Gasteiger partial charge in [-0.3, -0.25) is 4.99 Å². The molecule has 1 heterocycles. The maximum atomic E-state index is 13.0. The molecule has 2 N–H and O–H groups in total. The van der Waals surface area contributed by atoms with E-state index in [1.165, 1.54) is 16.4 Å². The van der Waals surface area contributed by atoms with Crippen molar-refractivity contribution in [1.29, 1.82) is 0 Å². The number of anilines is 1. The molecule has 1 fully saturated rings. The number of nitrogens with two attached hydrogens (primary N) is 1. The Hall–Kier alpha value is -1.14. The number of hydrogen-bond donors (Lipinski definition) is 1. The molecule has 0 aliphatic carbocycles. The maximum Gasteiger partial charge on any atom is 0.213 e. The Bertz CT molecular complexity index is 707. The molecule has 1 saturated heterocycles. The fraction of sp³-hybridized carbons (Fsp3) is 0.588. The van der Waals surface area contributed by atoms with E-state index in [9.17, 15) is 12.8 Å². The van der Waals surface area contributed by atoms with Gasteiger partial charge in [-0.1, -0.05) is 0 Å². The second-order valence-corrected chi connectivity index (χ2v) is 8.63. The van der Waals surface area contributed by atoms with Gasteiger partial charge >= 0.3 is 0 Å². The third-order valence-corrected chi connectivity index (χ3v) is 6.40. The van der Waals surface area contributed by atoms with E-state index in [0.717, 1.165) is 31.9 Å². The van der Waals surface area contributed by atoms with Crippen LogP contribution >= 0.6 is 24.0 Å². The summed E-state index contributed by atoms with van der Waals surface area (Å²) in [6.07, 6.45) is 0.631. The van der Waals surface area contributed by atoms with E-state index in [2.05, 4.69) is 9.89 Å². The number of nitrogens with zero attached hydrogens (tertiary/aromatic N) is 4. The molecule has 1 aromatic rings. The lowest BCUT2D eigenvalue weighted by Crippen LogP contribution is -2.51. The molecule has 2 rings (SSSR count). The van der Waals surface area contributed by atoms with Crippen LogP contribution in [0.1, 0.15) is 13.3 Å². The fourth-order valence-electron chi connectivity index (χ4n) is 2.79. The smallest absolute Gasteiger partial charge is 0.213 e. The Morgan fingerprint density at radius 3 is 2.37 bits per heavy atom. The summed E-state index contributed by atoms with van der Waals surface area (Å²) in [4.78, 5) is 8.58. The predicted molar refractivity (Wildman–Crippen MR) is 119 cm³/mol. The van der Waals surface area contributed by atoms with Crippen LogP contribution in [-0.2, 0) is 10.0 Å². The average Bonchev–Trinajstić information content (AvgIpc) is 2.65. The Morgan fingerprint density at radius 2 is 1.81 bits per heavy atom. The van der Waals surface area contributed by atoms with Gasteiger partial charge in [0.2, 0.25) is 10.0 Å². The normalized spacial score (nSPS) is 15.8. The quantitative estimate of drug-likeness (QED) is 0.259. The Labute approximate surface area is 178 Å². The molecule has 7 nitrogen and oxygen atoms in total. The molecule has 1 aliphatic rings. The van der Waals surface area contributed by atoms with Gasteiger partial charge in [0.1, 0.15) is 5.82 Å². The van der Waals surface area contributed by atoms with E-state index in [1.807, 2.05) is 4.90 Å². The van der Waals surface area contributed by atoms with Crippen LogP contribution in [0.4, 0.5) is 10.1 Å². The Kier molecular flexibility index (Phi) is 9.74. The van der Waals surface area contributed by atoms with Crippen molar-refractivity contribution in [2.45, 2.75) is 13.3 Å². The fourth-order valence-corrected chi connectivity index (χ4v) is 3.64. The molecule has 27 heavy (non-hydrogen) atoms. The molecule has 0 saturated carbocycles. The van der Waals surface area contributed by atoms with Gasteiger partial charge < -0.3 is 15.5 Å². The van der Waals surface area contributed by atoms with Crippen molar-refractivity contribution in [1.82, 2.24) is 9.21 Å². The summed E-state index contributed by atoms with van der Waals surface area (Å²) in [6.45, 7) is 5.64. The third kappa shape index (κ3) is 7.07. The molecule has 1 aliphatic heterocycles. The first-order valence-corrected chi connectivity index (χ1v) is 10.4. The molecule has 154 valence electrons. The van der Waals surface area contributed by atoms with Gasteiger partial charge in [-0.2, -0.15) is 0 Å². The van der Waals surface area contributed by atoms with Crippen LogP contribution in [0, 0.1) is 5.82 Å². The van der Waals surface area contributed by atoms with Crippen LogP contribution in [0.15, 0.2) is 29.3 Å². The Morgan fingerprint density at radius 1 is 1.22 bits per heavy atom. The number of aliphatic imine (C=N–C) groups is 1. The number of rotatable bonds is 7. The summed E-state index contributed by atoms with van der Waals surface area (Å²) in [5, 5.41) is 0. The zero-order valence-electron chi connectivity index (χ0n) is 15.8. The van der Waals surface area contributed by atoms with Crippen LogP contribution in [0.25, 0.3) is 0 Å². The van der Waals surface area contributed by atoms with Gasteiger partial charge in [-0.05, 0) is 37.6 Å². The van der Waals surface area contributed by atoms with Crippen LogP contribution in [0.2, 0.25) is 0 Å². The molecular weight excluding hydrogens is 484 g/mol. The van der Waals surface area contributed by atoms with Crippen molar-refractivity contribution in [3.05, 3.63) is 30.1 Å². The lowest BCUT2D eigenvalue weighted by atomic mass is 10.2. The molecule has 10 heteroatoms. The zero-order valence-corrected chi connectivity index (χ0v) is 19.0. The van der Waals surface area contributed by atoms with E-state index in [0.29, 0.717) is 25.5 Å². The second kappa shape index (κ2) is 11.0. The van der Waals surface area contributed by atoms with Gasteiger partial charge in [-0.15, -0.1) is 24.0 Å². The molecule has 0 aromatic heterocycles. The SMILES string of the molecule is CCS(=O)(=O)N(C)CCCN=C(N)N1CCN(c2ccc(F)cc2)CC1.I. The summed E-state index contributed by atoms with van der Waals surface area (Å²) in [6, 6.07) is 6.49. The monoisotopic (exact) mass is 513 g/mol. The lowest BCUT2D eigenvalue weighted by Gasteiger charge is -2.36. The summed E-state index contributed by atoms with van der Waals surface area (Å²) in [5.41, 5.74) is 7.06. The number of guanidine groups is 1. The van der Waals surface area contributed by atoms with Gasteiger partial charge in [-0.25, -0.2) is 17.1 Å². The largest absolute Gasteiger partial charge is 0.370 e. The van der Waals surface area contributed by atoms with E-state index < -0.39 is 10.0 Å². The third-order valence-electron chi connectivity index (χ3n) is 4.54. The minimum Gasteiger partial charge on any atom is -0.370 e. The summed E-state index contributed by atoms with van der Waals surface area (Å²) < 4.78 is 37.7. The molecule has 0 bridgehead atoms. The number of piperazine rings is 1. The number of benzene rings is 1.